The number of benzene rings is 2. The third-order valence-corrected chi connectivity index (χ3v) is 3.77. The number of amides is 1. The number of anilines is 1. The standard InChI is InChI=1S/C21H22N2O4/c1-13-9-11-14(12-10-13)26-20(25)23-17-15-7-5-6-8-16(15)22-18(17)19(24)27-21(2,3)4/h5-12,22H,1-4H3,(H,23,25). The fourth-order valence-corrected chi connectivity index (χ4v) is 2.59. The minimum absolute atomic E-state index is 0.173. The maximum absolute atomic E-state index is 12.6. The van der Waals surface area contributed by atoms with E-state index < -0.39 is 17.7 Å². The molecule has 2 N–H and O–H groups in total. The number of aromatic nitrogens is 1. The number of rotatable bonds is 3. The Bertz CT molecular complexity index is 982. The van der Waals surface area contributed by atoms with Gasteiger partial charge in [0.25, 0.3) is 0 Å². The van der Waals surface area contributed by atoms with Crippen LogP contribution < -0.4 is 10.1 Å². The first-order valence-corrected chi connectivity index (χ1v) is 8.62. The lowest BCUT2D eigenvalue weighted by Crippen LogP contribution is -2.25. The van der Waals surface area contributed by atoms with Crippen LogP contribution in [-0.2, 0) is 4.74 Å². The molecular weight excluding hydrogens is 344 g/mol. The first-order valence-electron chi connectivity index (χ1n) is 8.62. The number of ether oxygens (including phenoxy) is 2. The predicted molar refractivity (Wildman–Crippen MR) is 104 cm³/mol. The van der Waals surface area contributed by atoms with E-state index in [1.807, 2.05) is 37.3 Å². The molecule has 0 saturated carbocycles. The van der Waals surface area contributed by atoms with E-state index >= 15 is 0 Å². The van der Waals surface area contributed by atoms with Crippen LogP contribution in [0.5, 0.6) is 5.75 Å². The highest BCUT2D eigenvalue weighted by atomic mass is 16.6. The summed E-state index contributed by atoms with van der Waals surface area (Å²) < 4.78 is 10.8. The molecule has 0 bridgehead atoms. The van der Waals surface area contributed by atoms with E-state index in [0.29, 0.717) is 22.3 Å². The number of para-hydroxylation sites is 1. The van der Waals surface area contributed by atoms with Crippen LogP contribution in [0.25, 0.3) is 10.9 Å². The number of H-pyrrole nitrogens is 1. The second-order valence-corrected chi connectivity index (χ2v) is 7.25. The van der Waals surface area contributed by atoms with Crippen molar-refractivity contribution in [3.05, 3.63) is 59.8 Å². The molecule has 6 heteroatoms. The predicted octanol–water partition coefficient (Wildman–Crippen LogP) is 5.04. The van der Waals surface area contributed by atoms with Gasteiger partial charge in [0.15, 0.2) is 0 Å². The number of aromatic amines is 1. The number of carbonyl (C=O) groups excluding carboxylic acids is 2. The lowest BCUT2D eigenvalue weighted by Gasteiger charge is -2.19. The quantitative estimate of drug-likeness (QED) is 0.636. The van der Waals surface area contributed by atoms with Gasteiger partial charge in [-0.3, -0.25) is 5.32 Å². The molecule has 0 saturated heterocycles. The number of nitrogens with one attached hydrogen (secondary N) is 2. The van der Waals surface area contributed by atoms with Crippen molar-refractivity contribution < 1.29 is 19.1 Å². The van der Waals surface area contributed by atoms with Gasteiger partial charge in [-0.1, -0.05) is 35.9 Å². The normalized spacial score (nSPS) is 11.3. The van der Waals surface area contributed by atoms with Gasteiger partial charge in [0, 0.05) is 10.9 Å². The zero-order valence-corrected chi connectivity index (χ0v) is 15.8. The molecule has 0 aliphatic carbocycles. The third-order valence-electron chi connectivity index (χ3n) is 3.77. The zero-order valence-electron chi connectivity index (χ0n) is 15.8. The van der Waals surface area contributed by atoms with Crippen molar-refractivity contribution in [2.24, 2.45) is 0 Å². The molecule has 6 nitrogen and oxygen atoms in total. The summed E-state index contributed by atoms with van der Waals surface area (Å²) in [6, 6.07) is 14.4. The summed E-state index contributed by atoms with van der Waals surface area (Å²) in [6.07, 6.45) is -0.687. The summed E-state index contributed by atoms with van der Waals surface area (Å²) in [7, 11) is 0. The van der Waals surface area contributed by atoms with Crippen molar-refractivity contribution >= 4 is 28.7 Å². The summed E-state index contributed by atoms with van der Waals surface area (Å²) >= 11 is 0. The van der Waals surface area contributed by atoms with Crippen LogP contribution in [0.1, 0.15) is 36.8 Å². The van der Waals surface area contributed by atoms with Crippen LogP contribution >= 0.6 is 0 Å². The molecule has 2 aromatic carbocycles. The van der Waals surface area contributed by atoms with Gasteiger partial charge < -0.3 is 14.5 Å². The lowest BCUT2D eigenvalue weighted by atomic mass is 10.2. The molecule has 3 rings (SSSR count). The molecule has 0 aliphatic rings. The molecule has 0 radical (unpaired) electrons. The van der Waals surface area contributed by atoms with E-state index in [2.05, 4.69) is 10.3 Å². The maximum atomic E-state index is 12.6. The largest absolute Gasteiger partial charge is 0.455 e. The van der Waals surface area contributed by atoms with Crippen molar-refractivity contribution in [2.45, 2.75) is 33.3 Å². The second kappa shape index (κ2) is 7.15. The Labute approximate surface area is 157 Å². The summed E-state index contributed by atoms with van der Waals surface area (Å²) in [6.45, 7) is 7.30. The topological polar surface area (TPSA) is 80.4 Å². The molecule has 0 aliphatic heterocycles. The van der Waals surface area contributed by atoms with E-state index in [1.165, 1.54) is 0 Å². The molecule has 1 heterocycles. The highest BCUT2D eigenvalue weighted by Crippen LogP contribution is 2.29. The monoisotopic (exact) mass is 366 g/mol. The SMILES string of the molecule is Cc1ccc(OC(=O)Nc2c(C(=O)OC(C)(C)C)[nH]c3ccccc23)cc1. The molecular formula is C21H22N2O4. The van der Waals surface area contributed by atoms with Gasteiger partial charge >= 0.3 is 12.1 Å². The third kappa shape index (κ3) is 4.47. The lowest BCUT2D eigenvalue weighted by molar-refractivity contribution is 0.00651. The zero-order chi connectivity index (χ0) is 19.6. The highest BCUT2D eigenvalue weighted by Gasteiger charge is 2.25. The minimum Gasteiger partial charge on any atom is -0.455 e. The Balaban J connectivity index is 1.89. The van der Waals surface area contributed by atoms with E-state index in [0.717, 1.165) is 5.56 Å². The maximum Gasteiger partial charge on any atom is 0.417 e. The summed E-state index contributed by atoms with van der Waals surface area (Å²) in [5.74, 6) is -0.138. The van der Waals surface area contributed by atoms with Gasteiger partial charge in [0.2, 0.25) is 0 Å². The minimum atomic E-state index is -0.687. The Hall–Kier alpha value is -3.28. The van der Waals surface area contributed by atoms with Crippen molar-refractivity contribution in [1.82, 2.24) is 4.98 Å². The van der Waals surface area contributed by atoms with Crippen LogP contribution in [0.4, 0.5) is 10.5 Å². The molecule has 0 atom stereocenters. The van der Waals surface area contributed by atoms with Crippen LogP contribution in [0.3, 0.4) is 0 Å². The van der Waals surface area contributed by atoms with Crippen LogP contribution in [0.2, 0.25) is 0 Å². The van der Waals surface area contributed by atoms with Gasteiger partial charge in [-0.15, -0.1) is 0 Å². The number of hydrogen-bond acceptors (Lipinski definition) is 4. The number of hydrogen-bond donors (Lipinski definition) is 2. The Morgan fingerprint density at radius 3 is 2.33 bits per heavy atom. The summed E-state index contributed by atoms with van der Waals surface area (Å²) in [5.41, 5.74) is 1.62. The van der Waals surface area contributed by atoms with Gasteiger partial charge in [0.05, 0.1) is 5.69 Å². The Morgan fingerprint density at radius 2 is 1.67 bits per heavy atom. The molecule has 1 amide bonds. The van der Waals surface area contributed by atoms with Crippen molar-refractivity contribution in [3.8, 4) is 5.75 Å². The Morgan fingerprint density at radius 1 is 1.00 bits per heavy atom. The van der Waals surface area contributed by atoms with E-state index in [1.54, 1.807) is 39.0 Å². The van der Waals surface area contributed by atoms with Crippen molar-refractivity contribution in [3.63, 3.8) is 0 Å². The first kappa shape index (κ1) is 18.5. The molecule has 0 spiro atoms. The van der Waals surface area contributed by atoms with Gasteiger partial charge in [-0.05, 0) is 45.9 Å². The number of esters is 1. The van der Waals surface area contributed by atoms with Gasteiger partial charge in [-0.25, -0.2) is 9.59 Å². The van der Waals surface area contributed by atoms with E-state index in [4.69, 9.17) is 9.47 Å². The molecule has 1 aromatic heterocycles. The molecule has 140 valence electrons. The van der Waals surface area contributed by atoms with E-state index in [9.17, 15) is 9.59 Å². The second-order valence-electron chi connectivity index (χ2n) is 7.25. The highest BCUT2D eigenvalue weighted by molar-refractivity contribution is 6.10. The molecule has 0 unspecified atom stereocenters. The summed E-state index contributed by atoms with van der Waals surface area (Å²) in [5, 5.41) is 3.36. The van der Waals surface area contributed by atoms with Gasteiger partial charge in [-0.2, -0.15) is 0 Å². The molecule has 0 fully saturated rings. The smallest absolute Gasteiger partial charge is 0.417 e. The van der Waals surface area contributed by atoms with Crippen LogP contribution in [0, 0.1) is 6.92 Å². The summed E-state index contributed by atoms with van der Waals surface area (Å²) in [4.78, 5) is 28.0. The van der Waals surface area contributed by atoms with Crippen LogP contribution in [-0.4, -0.2) is 22.6 Å². The van der Waals surface area contributed by atoms with E-state index in [-0.39, 0.29) is 5.69 Å². The number of aryl methyl sites for hydroxylation is 1. The molecule has 27 heavy (non-hydrogen) atoms. The van der Waals surface area contributed by atoms with Crippen molar-refractivity contribution in [2.75, 3.05) is 5.32 Å². The average Bonchev–Trinajstić information content (AvgIpc) is 2.94. The van der Waals surface area contributed by atoms with Gasteiger partial charge in [0.1, 0.15) is 17.0 Å². The van der Waals surface area contributed by atoms with Crippen molar-refractivity contribution in [1.29, 1.82) is 0 Å². The Kier molecular flexibility index (Phi) is 4.90. The van der Waals surface area contributed by atoms with Crippen LogP contribution in [0.15, 0.2) is 48.5 Å². The first-order chi connectivity index (χ1) is 12.7. The average molecular weight is 366 g/mol. The number of fused-ring (bicyclic) bond motifs is 1. The molecule has 3 aromatic rings. The fraction of sp³-hybridized carbons (Fsp3) is 0.238. The fourth-order valence-electron chi connectivity index (χ4n) is 2.59. The number of carbonyl (C=O) groups is 2.